The lowest BCUT2D eigenvalue weighted by Gasteiger charge is -2.04. The largest absolute Gasteiger partial charge is 0.338 e. The van der Waals surface area contributed by atoms with Crippen molar-refractivity contribution in [3.63, 3.8) is 0 Å². The maximum atomic E-state index is 11.6. The zero-order valence-corrected chi connectivity index (χ0v) is 13.0. The number of benzene rings is 2. The van der Waals surface area contributed by atoms with E-state index in [0.29, 0.717) is 10.3 Å². The van der Waals surface area contributed by atoms with Crippen LogP contribution >= 0.6 is 15.9 Å². The maximum absolute atomic E-state index is 11.6. The molecule has 1 heterocycles. The predicted octanol–water partition coefficient (Wildman–Crippen LogP) is 3.40. The third-order valence-corrected chi connectivity index (χ3v) is 5.07. The van der Waals surface area contributed by atoms with Gasteiger partial charge in [-0.25, -0.2) is 13.4 Å². The molecule has 0 saturated heterocycles. The highest BCUT2D eigenvalue weighted by Gasteiger charge is 2.13. The minimum absolute atomic E-state index is 0.275. The van der Waals surface area contributed by atoms with E-state index < -0.39 is 9.84 Å². The fraction of sp³-hybridized carbons (Fsp3) is 0.0714. The van der Waals surface area contributed by atoms with Gasteiger partial charge in [0.1, 0.15) is 5.82 Å². The van der Waals surface area contributed by atoms with Gasteiger partial charge in [-0.05, 0) is 46.3 Å². The van der Waals surface area contributed by atoms with Crippen LogP contribution in [0, 0.1) is 0 Å². The van der Waals surface area contributed by atoms with Crippen LogP contribution in [0.2, 0.25) is 0 Å². The molecule has 0 bridgehead atoms. The average molecular weight is 351 g/mol. The number of H-pyrrole nitrogens is 1. The first-order valence-corrected chi connectivity index (χ1v) is 8.58. The van der Waals surface area contributed by atoms with Crippen molar-refractivity contribution in [2.75, 3.05) is 6.26 Å². The molecule has 3 rings (SSSR count). The highest BCUT2D eigenvalue weighted by molar-refractivity contribution is 9.10. The van der Waals surface area contributed by atoms with Crippen LogP contribution in [0.5, 0.6) is 0 Å². The molecule has 0 saturated carbocycles. The zero-order chi connectivity index (χ0) is 14.3. The van der Waals surface area contributed by atoms with E-state index in [1.54, 1.807) is 18.2 Å². The Labute approximate surface area is 124 Å². The standard InChI is InChI=1S/C14H11BrN2O2S/c1-20(18,19)13-7-6-9(8-10(13)15)14-16-11-4-2-3-5-12(11)17-14/h2-8H,1H3,(H,16,17). The van der Waals surface area contributed by atoms with Gasteiger partial charge in [-0.15, -0.1) is 0 Å². The van der Waals surface area contributed by atoms with Gasteiger partial charge in [-0.2, -0.15) is 0 Å². The SMILES string of the molecule is CS(=O)(=O)c1ccc(-c2nc3ccccc3[nH]2)cc1Br. The second-order valence-corrected chi connectivity index (χ2v) is 7.36. The fourth-order valence-electron chi connectivity index (χ4n) is 2.04. The van der Waals surface area contributed by atoms with Crippen LogP contribution in [0.4, 0.5) is 0 Å². The summed E-state index contributed by atoms with van der Waals surface area (Å²) in [6.45, 7) is 0. The van der Waals surface area contributed by atoms with E-state index in [1.807, 2.05) is 24.3 Å². The number of rotatable bonds is 2. The number of fused-ring (bicyclic) bond motifs is 1. The first-order valence-electron chi connectivity index (χ1n) is 5.90. The van der Waals surface area contributed by atoms with Gasteiger partial charge in [0.05, 0.1) is 15.9 Å². The topological polar surface area (TPSA) is 62.8 Å². The lowest BCUT2D eigenvalue weighted by molar-refractivity contribution is 0.601. The molecule has 1 N–H and O–H groups in total. The second-order valence-electron chi connectivity index (χ2n) is 4.52. The van der Waals surface area contributed by atoms with E-state index in [2.05, 4.69) is 25.9 Å². The fourth-order valence-corrected chi connectivity index (χ4v) is 4.03. The molecule has 0 aliphatic heterocycles. The third-order valence-electron chi connectivity index (χ3n) is 2.99. The summed E-state index contributed by atoms with van der Waals surface area (Å²) in [4.78, 5) is 7.98. The summed E-state index contributed by atoms with van der Waals surface area (Å²) >= 11 is 3.30. The average Bonchev–Trinajstić information content (AvgIpc) is 2.80. The van der Waals surface area contributed by atoms with Crippen molar-refractivity contribution in [2.24, 2.45) is 0 Å². The van der Waals surface area contributed by atoms with Crippen LogP contribution in [0.15, 0.2) is 51.8 Å². The molecular weight excluding hydrogens is 340 g/mol. The predicted molar refractivity (Wildman–Crippen MR) is 82.3 cm³/mol. The number of nitrogens with one attached hydrogen (secondary N) is 1. The van der Waals surface area contributed by atoms with E-state index in [9.17, 15) is 8.42 Å². The Morgan fingerprint density at radius 1 is 1.15 bits per heavy atom. The molecular formula is C14H11BrN2O2S. The number of hydrogen-bond donors (Lipinski definition) is 1. The summed E-state index contributed by atoms with van der Waals surface area (Å²) < 4.78 is 23.7. The minimum Gasteiger partial charge on any atom is -0.338 e. The summed E-state index contributed by atoms with van der Waals surface area (Å²) in [6, 6.07) is 12.8. The van der Waals surface area contributed by atoms with Gasteiger partial charge < -0.3 is 4.98 Å². The van der Waals surface area contributed by atoms with Gasteiger partial charge >= 0.3 is 0 Å². The normalized spacial score (nSPS) is 11.9. The first kappa shape index (κ1) is 13.3. The molecule has 1 aromatic heterocycles. The third kappa shape index (κ3) is 2.36. The van der Waals surface area contributed by atoms with Gasteiger partial charge in [-0.1, -0.05) is 12.1 Å². The second kappa shape index (κ2) is 4.71. The van der Waals surface area contributed by atoms with Crippen LogP contribution in [-0.4, -0.2) is 24.6 Å². The van der Waals surface area contributed by atoms with E-state index in [0.717, 1.165) is 16.6 Å². The molecule has 0 aliphatic rings. The molecule has 6 heteroatoms. The van der Waals surface area contributed by atoms with Gasteiger partial charge in [0.15, 0.2) is 9.84 Å². The van der Waals surface area contributed by atoms with Crippen LogP contribution in [-0.2, 0) is 9.84 Å². The molecule has 0 radical (unpaired) electrons. The highest BCUT2D eigenvalue weighted by atomic mass is 79.9. The Morgan fingerprint density at radius 2 is 1.90 bits per heavy atom. The summed E-state index contributed by atoms with van der Waals surface area (Å²) in [5.41, 5.74) is 2.66. The van der Waals surface area contributed by atoms with Crippen LogP contribution < -0.4 is 0 Å². The molecule has 0 spiro atoms. The monoisotopic (exact) mass is 350 g/mol. The Balaban J connectivity index is 2.13. The Bertz CT molecular complexity index is 867. The van der Waals surface area contributed by atoms with Crippen molar-refractivity contribution in [2.45, 2.75) is 4.90 Å². The Morgan fingerprint density at radius 3 is 2.55 bits per heavy atom. The summed E-state index contributed by atoms with van der Waals surface area (Å²) in [6.07, 6.45) is 1.19. The van der Waals surface area contributed by atoms with Crippen molar-refractivity contribution in [3.05, 3.63) is 46.9 Å². The summed E-state index contributed by atoms with van der Waals surface area (Å²) in [5, 5.41) is 0. The number of imidazole rings is 1. The molecule has 20 heavy (non-hydrogen) atoms. The van der Waals surface area contributed by atoms with Crippen molar-refractivity contribution >= 4 is 36.8 Å². The first-order chi connectivity index (χ1) is 9.45. The van der Waals surface area contributed by atoms with E-state index in [4.69, 9.17) is 0 Å². The highest BCUT2D eigenvalue weighted by Crippen LogP contribution is 2.28. The molecule has 102 valence electrons. The van der Waals surface area contributed by atoms with Crippen LogP contribution in [0.1, 0.15) is 0 Å². The molecule has 0 atom stereocenters. The number of sulfone groups is 1. The Kier molecular flexibility index (Phi) is 3.14. The number of nitrogens with zero attached hydrogens (tertiary/aromatic N) is 1. The van der Waals surface area contributed by atoms with E-state index in [-0.39, 0.29) is 4.90 Å². The molecule has 0 amide bonds. The van der Waals surface area contributed by atoms with Crippen molar-refractivity contribution in [3.8, 4) is 11.4 Å². The van der Waals surface area contributed by atoms with Gasteiger partial charge in [0.25, 0.3) is 0 Å². The molecule has 0 unspecified atom stereocenters. The number of halogens is 1. The molecule has 0 aliphatic carbocycles. The summed E-state index contributed by atoms with van der Waals surface area (Å²) in [7, 11) is -3.23. The lowest BCUT2D eigenvalue weighted by atomic mass is 10.2. The smallest absolute Gasteiger partial charge is 0.176 e. The van der Waals surface area contributed by atoms with E-state index >= 15 is 0 Å². The maximum Gasteiger partial charge on any atom is 0.176 e. The van der Waals surface area contributed by atoms with Crippen LogP contribution in [0.3, 0.4) is 0 Å². The van der Waals surface area contributed by atoms with Gasteiger partial charge in [-0.3, -0.25) is 0 Å². The number of aromatic amines is 1. The zero-order valence-electron chi connectivity index (χ0n) is 10.6. The molecule has 0 fully saturated rings. The van der Waals surface area contributed by atoms with Gasteiger partial charge in [0, 0.05) is 16.3 Å². The van der Waals surface area contributed by atoms with Crippen molar-refractivity contribution in [1.82, 2.24) is 9.97 Å². The number of hydrogen-bond acceptors (Lipinski definition) is 3. The molecule has 4 nitrogen and oxygen atoms in total. The quantitative estimate of drug-likeness (QED) is 0.770. The molecule has 3 aromatic rings. The number of aromatic nitrogens is 2. The minimum atomic E-state index is -3.23. The molecule has 2 aromatic carbocycles. The van der Waals surface area contributed by atoms with E-state index in [1.165, 1.54) is 6.26 Å². The Hall–Kier alpha value is -1.66. The van der Waals surface area contributed by atoms with Crippen molar-refractivity contribution < 1.29 is 8.42 Å². The van der Waals surface area contributed by atoms with Crippen LogP contribution in [0.25, 0.3) is 22.4 Å². The summed E-state index contributed by atoms with van der Waals surface area (Å²) in [5.74, 6) is 0.715. The lowest BCUT2D eigenvalue weighted by Crippen LogP contribution is -1.98. The van der Waals surface area contributed by atoms with Gasteiger partial charge in [0.2, 0.25) is 0 Å². The number of para-hydroxylation sites is 2. The van der Waals surface area contributed by atoms with Crippen molar-refractivity contribution in [1.29, 1.82) is 0 Å².